The maximum Gasteiger partial charge on any atom is 0.320 e. The first-order chi connectivity index (χ1) is 13.0. The van der Waals surface area contributed by atoms with Crippen LogP contribution in [0.2, 0.25) is 0 Å². The van der Waals surface area contributed by atoms with Gasteiger partial charge in [0.1, 0.15) is 5.60 Å². The van der Waals surface area contributed by atoms with Gasteiger partial charge in [-0.25, -0.2) is 4.99 Å². The topological polar surface area (TPSA) is 76.8 Å². The molecule has 3 rings (SSSR count). The fourth-order valence-corrected chi connectivity index (χ4v) is 3.59. The molecule has 1 heterocycles. The first kappa shape index (κ1) is 19.3. The largest absolute Gasteiger partial charge is 0.481 e. The van der Waals surface area contributed by atoms with Crippen molar-refractivity contribution in [1.29, 1.82) is 0 Å². The molecule has 0 saturated heterocycles. The van der Waals surface area contributed by atoms with Gasteiger partial charge >= 0.3 is 6.01 Å². The Morgan fingerprint density at radius 1 is 1.04 bits per heavy atom. The molecule has 1 saturated carbocycles. The van der Waals surface area contributed by atoms with Crippen molar-refractivity contribution in [3.8, 4) is 11.9 Å². The van der Waals surface area contributed by atoms with Crippen molar-refractivity contribution < 1.29 is 14.6 Å². The number of hydrogen-bond donors (Lipinski definition) is 1. The number of methoxy groups -OCH3 is 2. The van der Waals surface area contributed by atoms with Gasteiger partial charge in [0.2, 0.25) is 5.88 Å². The Balaban J connectivity index is 2.21. The van der Waals surface area contributed by atoms with Gasteiger partial charge in [-0.05, 0) is 37.8 Å². The van der Waals surface area contributed by atoms with Crippen LogP contribution in [0.3, 0.4) is 0 Å². The number of aryl methyl sites for hydroxylation is 2. The van der Waals surface area contributed by atoms with Gasteiger partial charge in [0.05, 0.1) is 31.3 Å². The number of hydrogen-bond acceptors (Lipinski definition) is 6. The number of aliphatic imine (C=N–C) groups is 1. The summed E-state index contributed by atoms with van der Waals surface area (Å²) in [7, 11) is 3.05. The van der Waals surface area contributed by atoms with Gasteiger partial charge in [-0.1, -0.05) is 37.5 Å². The minimum atomic E-state index is -1.03. The summed E-state index contributed by atoms with van der Waals surface area (Å²) in [5.41, 5.74) is 3.03. The van der Waals surface area contributed by atoms with Crippen molar-refractivity contribution in [3.05, 3.63) is 41.1 Å². The Kier molecular flexibility index (Phi) is 5.75. The normalized spacial score (nSPS) is 16.9. The number of rotatable bonds is 5. The summed E-state index contributed by atoms with van der Waals surface area (Å²) in [5, 5.41) is 11.5. The zero-order valence-corrected chi connectivity index (χ0v) is 16.5. The highest BCUT2D eigenvalue weighted by atomic mass is 16.5. The lowest BCUT2D eigenvalue weighted by molar-refractivity contribution is 0.0713. The molecule has 1 N–H and O–H groups in total. The van der Waals surface area contributed by atoms with Crippen LogP contribution in [0.1, 0.15) is 48.9 Å². The fourth-order valence-electron chi connectivity index (χ4n) is 3.59. The monoisotopic (exact) mass is 369 g/mol. The van der Waals surface area contributed by atoms with E-state index in [0.29, 0.717) is 30.1 Å². The predicted molar refractivity (Wildman–Crippen MR) is 105 cm³/mol. The van der Waals surface area contributed by atoms with Gasteiger partial charge in [-0.3, -0.25) is 0 Å². The maximum absolute atomic E-state index is 11.5. The van der Waals surface area contributed by atoms with Crippen LogP contribution in [-0.4, -0.2) is 40.6 Å². The third-order valence-corrected chi connectivity index (χ3v) is 5.10. The summed E-state index contributed by atoms with van der Waals surface area (Å²) < 4.78 is 10.5. The van der Waals surface area contributed by atoms with Crippen molar-refractivity contribution in [3.63, 3.8) is 0 Å². The highest BCUT2D eigenvalue weighted by Gasteiger charge is 2.37. The molecular weight excluding hydrogens is 342 g/mol. The standard InChI is InChI=1S/C21H27N3O3/c1-14-9-8-10-15(2)18(14)24-19(21(25)11-6-5-7-12-21)16-13-17(26-3)23-20(22-16)27-4/h8-10,13,25H,5-7,11-12H2,1-4H3. The first-order valence-electron chi connectivity index (χ1n) is 9.32. The van der Waals surface area contributed by atoms with Crippen molar-refractivity contribution in [2.24, 2.45) is 4.99 Å². The average Bonchev–Trinajstić information content (AvgIpc) is 2.67. The predicted octanol–water partition coefficient (Wildman–Crippen LogP) is 3.93. The summed E-state index contributed by atoms with van der Waals surface area (Å²) in [6.45, 7) is 4.05. The molecule has 2 aromatic rings. The summed E-state index contributed by atoms with van der Waals surface area (Å²) >= 11 is 0. The van der Waals surface area contributed by atoms with Crippen molar-refractivity contribution in [2.45, 2.75) is 51.6 Å². The van der Waals surface area contributed by atoms with Gasteiger partial charge in [-0.2, -0.15) is 9.97 Å². The number of benzene rings is 1. The highest BCUT2D eigenvalue weighted by molar-refractivity contribution is 6.07. The van der Waals surface area contributed by atoms with Gasteiger partial charge in [0, 0.05) is 6.07 Å². The Morgan fingerprint density at radius 2 is 1.70 bits per heavy atom. The van der Waals surface area contributed by atoms with E-state index in [-0.39, 0.29) is 6.01 Å². The van der Waals surface area contributed by atoms with Crippen LogP contribution in [0.15, 0.2) is 29.3 Å². The molecule has 0 bridgehead atoms. The van der Waals surface area contributed by atoms with Crippen LogP contribution >= 0.6 is 0 Å². The van der Waals surface area contributed by atoms with E-state index in [9.17, 15) is 5.11 Å². The van der Waals surface area contributed by atoms with Crippen LogP contribution in [0, 0.1) is 13.8 Å². The second-order valence-corrected chi connectivity index (χ2v) is 7.08. The molecule has 6 heteroatoms. The molecule has 0 radical (unpaired) electrons. The number of aromatic nitrogens is 2. The lowest BCUT2D eigenvalue weighted by Gasteiger charge is -2.33. The third kappa shape index (κ3) is 4.11. The van der Waals surface area contributed by atoms with E-state index in [1.807, 2.05) is 32.0 Å². The Bertz CT molecular complexity index is 800. The second kappa shape index (κ2) is 8.05. The molecule has 1 fully saturated rings. The Morgan fingerprint density at radius 3 is 2.30 bits per heavy atom. The molecule has 0 atom stereocenters. The van der Waals surface area contributed by atoms with E-state index in [1.165, 1.54) is 7.11 Å². The van der Waals surface area contributed by atoms with Crippen LogP contribution in [0.25, 0.3) is 0 Å². The van der Waals surface area contributed by atoms with E-state index < -0.39 is 5.60 Å². The van der Waals surface area contributed by atoms with Crippen molar-refractivity contribution in [1.82, 2.24) is 9.97 Å². The van der Waals surface area contributed by atoms with Gasteiger partial charge in [0.25, 0.3) is 0 Å². The van der Waals surface area contributed by atoms with Crippen LogP contribution < -0.4 is 9.47 Å². The quantitative estimate of drug-likeness (QED) is 0.808. The van der Waals surface area contributed by atoms with Gasteiger partial charge < -0.3 is 14.6 Å². The molecule has 27 heavy (non-hydrogen) atoms. The van der Waals surface area contributed by atoms with Gasteiger partial charge in [0.15, 0.2) is 0 Å². The lowest BCUT2D eigenvalue weighted by Crippen LogP contribution is -2.41. The number of aliphatic hydroxyl groups is 1. The maximum atomic E-state index is 11.5. The van der Waals surface area contributed by atoms with E-state index in [2.05, 4.69) is 9.97 Å². The van der Waals surface area contributed by atoms with Crippen LogP contribution in [-0.2, 0) is 0 Å². The lowest BCUT2D eigenvalue weighted by atomic mass is 9.80. The van der Waals surface area contributed by atoms with Crippen LogP contribution in [0.5, 0.6) is 11.9 Å². The van der Waals surface area contributed by atoms with E-state index in [4.69, 9.17) is 14.5 Å². The Labute approximate surface area is 160 Å². The third-order valence-electron chi connectivity index (χ3n) is 5.10. The van der Waals surface area contributed by atoms with Crippen molar-refractivity contribution in [2.75, 3.05) is 14.2 Å². The molecule has 1 aromatic heterocycles. The molecule has 6 nitrogen and oxygen atoms in total. The minimum absolute atomic E-state index is 0.193. The fraction of sp³-hybridized carbons (Fsp3) is 0.476. The summed E-state index contributed by atoms with van der Waals surface area (Å²) in [4.78, 5) is 13.6. The average molecular weight is 369 g/mol. The molecule has 0 aliphatic heterocycles. The highest BCUT2D eigenvalue weighted by Crippen LogP contribution is 2.35. The molecule has 1 aliphatic carbocycles. The number of ether oxygens (including phenoxy) is 2. The molecule has 1 aromatic carbocycles. The molecule has 1 aliphatic rings. The molecule has 0 amide bonds. The SMILES string of the molecule is COc1cc(C(=Nc2c(C)cccc2C)C2(O)CCCCC2)nc(OC)n1. The van der Waals surface area contributed by atoms with Crippen molar-refractivity contribution >= 4 is 11.4 Å². The zero-order valence-electron chi connectivity index (χ0n) is 16.5. The molecular formula is C21H27N3O3. The Hall–Kier alpha value is -2.47. The van der Waals surface area contributed by atoms with E-state index >= 15 is 0 Å². The smallest absolute Gasteiger partial charge is 0.320 e. The first-order valence-corrected chi connectivity index (χ1v) is 9.32. The molecule has 0 unspecified atom stereocenters. The summed E-state index contributed by atoms with van der Waals surface area (Å²) in [5.74, 6) is 0.380. The second-order valence-electron chi connectivity index (χ2n) is 7.08. The number of para-hydroxylation sites is 1. The van der Waals surface area contributed by atoms with E-state index in [0.717, 1.165) is 36.1 Å². The minimum Gasteiger partial charge on any atom is -0.481 e. The molecule has 144 valence electrons. The summed E-state index contributed by atoms with van der Waals surface area (Å²) in [6, 6.07) is 7.96. The van der Waals surface area contributed by atoms with Crippen LogP contribution in [0.4, 0.5) is 5.69 Å². The van der Waals surface area contributed by atoms with E-state index in [1.54, 1.807) is 13.2 Å². The molecule has 0 spiro atoms. The number of nitrogens with zero attached hydrogens (tertiary/aromatic N) is 3. The zero-order chi connectivity index (χ0) is 19.4. The van der Waals surface area contributed by atoms with Gasteiger partial charge in [-0.15, -0.1) is 0 Å². The summed E-state index contributed by atoms with van der Waals surface area (Å²) in [6.07, 6.45) is 4.36.